The number of hydrogen-bond acceptors (Lipinski definition) is 6. The fourth-order valence-corrected chi connectivity index (χ4v) is 5.13. The molecule has 0 aliphatic rings. The zero-order valence-electron chi connectivity index (χ0n) is 24.9. The molecule has 0 saturated heterocycles. The summed E-state index contributed by atoms with van der Waals surface area (Å²) in [7, 11) is 1.28. The minimum Gasteiger partial charge on any atom is -0.481 e. The van der Waals surface area contributed by atoms with Crippen molar-refractivity contribution in [2.24, 2.45) is 0 Å². The number of H-pyrrole nitrogens is 1. The number of aryl methyl sites for hydroxylation is 1. The van der Waals surface area contributed by atoms with Gasteiger partial charge in [0.15, 0.2) is 0 Å². The number of carbonyl (C=O) groups is 4. The van der Waals surface area contributed by atoms with Crippen LogP contribution in [-0.2, 0) is 38.5 Å². The summed E-state index contributed by atoms with van der Waals surface area (Å²) in [4.78, 5) is 55.5. The van der Waals surface area contributed by atoms with E-state index in [0.717, 1.165) is 16.7 Å². The second kappa shape index (κ2) is 16.4. The van der Waals surface area contributed by atoms with Crippen LogP contribution in [0.2, 0.25) is 10.2 Å². The number of amides is 3. The number of carboxylic acids is 1. The molecule has 13 heteroatoms. The maximum absolute atomic E-state index is 13.3. The van der Waals surface area contributed by atoms with Crippen molar-refractivity contribution < 1.29 is 29.0 Å². The molecule has 5 N–H and O–H groups in total. The predicted octanol–water partition coefficient (Wildman–Crippen LogP) is 6.08. The van der Waals surface area contributed by atoms with Crippen molar-refractivity contribution in [1.82, 2.24) is 20.6 Å². The third-order valence-corrected chi connectivity index (χ3v) is 7.56. The molecule has 0 unspecified atom stereocenters. The SMILES string of the molecule is COC(=O)Nc1ccc(-c2nc([C@H](Cc3ccccc3)NC(=O)CCc3cc(Cl)ccc3CNC(=O)CCC(=O)O)[nH]c2Cl)cc1. The van der Waals surface area contributed by atoms with Crippen LogP contribution in [0, 0.1) is 0 Å². The number of carbonyl (C=O) groups excluding carboxylic acids is 3. The Hall–Kier alpha value is -4.87. The van der Waals surface area contributed by atoms with E-state index in [0.29, 0.717) is 45.8 Å². The number of imidazole rings is 1. The van der Waals surface area contributed by atoms with Gasteiger partial charge in [0.2, 0.25) is 11.8 Å². The van der Waals surface area contributed by atoms with E-state index in [-0.39, 0.29) is 37.6 Å². The van der Waals surface area contributed by atoms with Gasteiger partial charge in [0.05, 0.1) is 19.6 Å². The van der Waals surface area contributed by atoms with Crippen LogP contribution in [0.5, 0.6) is 0 Å². The quantitative estimate of drug-likeness (QED) is 0.109. The molecular formula is C33H33Cl2N5O6. The summed E-state index contributed by atoms with van der Waals surface area (Å²) in [5, 5.41) is 18.0. The topological polar surface area (TPSA) is 163 Å². The highest BCUT2D eigenvalue weighted by Crippen LogP contribution is 2.30. The fourth-order valence-electron chi connectivity index (χ4n) is 4.69. The first-order valence-electron chi connectivity index (χ1n) is 14.4. The van der Waals surface area contributed by atoms with Crippen molar-refractivity contribution in [1.29, 1.82) is 0 Å². The van der Waals surface area contributed by atoms with Crippen molar-refractivity contribution in [3.8, 4) is 11.3 Å². The lowest BCUT2D eigenvalue weighted by atomic mass is 10.0. The molecule has 11 nitrogen and oxygen atoms in total. The van der Waals surface area contributed by atoms with Crippen molar-refractivity contribution in [2.45, 2.75) is 44.7 Å². The van der Waals surface area contributed by atoms with Crippen LogP contribution in [0.25, 0.3) is 11.3 Å². The molecule has 0 fully saturated rings. The van der Waals surface area contributed by atoms with Gasteiger partial charge in [-0.2, -0.15) is 0 Å². The van der Waals surface area contributed by atoms with Crippen LogP contribution < -0.4 is 16.0 Å². The molecule has 1 atom stereocenters. The number of aliphatic carboxylic acids is 1. The highest BCUT2D eigenvalue weighted by molar-refractivity contribution is 6.32. The summed E-state index contributed by atoms with van der Waals surface area (Å²) in [6.07, 6.45) is -0.0451. The van der Waals surface area contributed by atoms with Crippen LogP contribution in [-0.4, -0.2) is 46.1 Å². The molecule has 4 aromatic rings. The minimum absolute atomic E-state index is 0.125. The second-order valence-electron chi connectivity index (χ2n) is 10.4. The Morgan fingerprint density at radius 3 is 2.35 bits per heavy atom. The molecule has 240 valence electrons. The number of aromatic amines is 1. The predicted molar refractivity (Wildman–Crippen MR) is 175 cm³/mol. The Labute approximate surface area is 275 Å². The molecule has 0 aliphatic heterocycles. The van der Waals surface area contributed by atoms with Crippen LogP contribution in [0.15, 0.2) is 72.8 Å². The Balaban J connectivity index is 1.47. The molecule has 3 amide bonds. The number of anilines is 1. The molecule has 0 aliphatic carbocycles. The van der Waals surface area contributed by atoms with Crippen molar-refractivity contribution in [3.63, 3.8) is 0 Å². The van der Waals surface area contributed by atoms with E-state index in [9.17, 15) is 19.2 Å². The highest BCUT2D eigenvalue weighted by Gasteiger charge is 2.22. The zero-order chi connectivity index (χ0) is 33.1. The Bertz CT molecular complexity index is 1680. The van der Waals surface area contributed by atoms with Crippen molar-refractivity contribution in [3.05, 3.63) is 105 Å². The number of benzene rings is 3. The summed E-state index contributed by atoms with van der Waals surface area (Å²) < 4.78 is 4.63. The van der Waals surface area contributed by atoms with Crippen LogP contribution in [0.4, 0.5) is 10.5 Å². The van der Waals surface area contributed by atoms with Crippen LogP contribution in [0.3, 0.4) is 0 Å². The van der Waals surface area contributed by atoms with Gasteiger partial charge in [0.1, 0.15) is 16.7 Å². The fraction of sp³-hybridized carbons (Fsp3) is 0.242. The van der Waals surface area contributed by atoms with E-state index in [1.54, 1.807) is 42.5 Å². The second-order valence-corrected chi connectivity index (χ2v) is 11.2. The van der Waals surface area contributed by atoms with Gasteiger partial charge in [0, 0.05) is 35.7 Å². The lowest BCUT2D eigenvalue weighted by Crippen LogP contribution is -2.31. The Kier molecular flexibility index (Phi) is 12.2. The average Bonchev–Trinajstić information content (AvgIpc) is 3.44. The summed E-state index contributed by atoms with van der Waals surface area (Å²) in [6.45, 7) is 0.177. The van der Waals surface area contributed by atoms with E-state index in [1.165, 1.54) is 7.11 Å². The smallest absolute Gasteiger partial charge is 0.411 e. The van der Waals surface area contributed by atoms with Crippen LogP contribution in [0.1, 0.15) is 47.8 Å². The van der Waals surface area contributed by atoms with Gasteiger partial charge in [-0.15, -0.1) is 0 Å². The number of methoxy groups -OCH3 is 1. The van der Waals surface area contributed by atoms with Gasteiger partial charge >= 0.3 is 12.1 Å². The van der Waals surface area contributed by atoms with Crippen molar-refractivity contribution in [2.75, 3.05) is 12.4 Å². The summed E-state index contributed by atoms with van der Waals surface area (Å²) in [5.74, 6) is -1.18. The number of carboxylic acid groups (broad SMARTS) is 1. The molecule has 4 rings (SSSR count). The number of nitrogens with one attached hydrogen (secondary N) is 4. The molecule has 46 heavy (non-hydrogen) atoms. The third-order valence-electron chi connectivity index (χ3n) is 7.05. The lowest BCUT2D eigenvalue weighted by molar-refractivity contribution is -0.138. The lowest BCUT2D eigenvalue weighted by Gasteiger charge is -2.18. The molecule has 0 radical (unpaired) electrons. The minimum atomic E-state index is -1.05. The number of halogens is 2. The third kappa shape index (κ3) is 10.1. The van der Waals surface area contributed by atoms with Crippen LogP contribution >= 0.6 is 23.2 Å². The number of nitrogens with zero attached hydrogens (tertiary/aromatic N) is 1. The summed E-state index contributed by atoms with van der Waals surface area (Å²) >= 11 is 12.8. The molecule has 0 spiro atoms. The van der Waals surface area contributed by atoms with Gasteiger partial charge in [-0.1, -0.05) is 71.7 Å². The Morgan fingerprint density at radius 2 is 1.65 bits per heavy atom. The van der Waals surface area contributed by atoms with Gasteiger partial charge < -0.3 is 25.5 Å². The molecule has 3 aromatic carbocycles. The first-order valence-corrected chi connectivity index (χ1v) is 15.2. The largest absolute Gasteiger partial charge is 0.481 e. The summed E-state index contributed by atoms with van der Waals surface area (Å²) in [5.41, 5.74) is 4.28. The summed E-state index contributed by atoms with van der Waals surface area (Å²) in [6, 6.07) is 21.3. The molecule has 0 saturated carbocycles. The van der Waals surface area contributed by atoms with Gasteiger partial charge in [-0.25, -0.2) is 9.78 Å². The number of hydrogen-bond donors (Lipinski definition) is 5. The highest BCUT2D eigenvalue weighted by atomic mass is 35.5. The maximum Gasteiger partial charge on any atom is 0.411 e. The number of ether oxygens (including phenoxy) is 1. The average molecular weight is 667 g/mol. The van der Waals surface area contributed by atoms with Gasteiger partial charge in [0.25, 0.3) is 0 Å². The van der Waals surface area contributed by atoms with E-state index in [1.807, 2.05) is 30.3 Å². The molecule has 0 bridgehead atoms. The zero-order valence-corrected chi connectivity index (χ0v) is 26.5. The number of rotatable bonds is 14. The van der Waals surface area contributed by atoms with E-state index >= 15 is 0 Å². The first kappa shape index (κ1) is 34.0. The van der Waals surface area contributed by atoms with E-state index < -0.39 is 18.1 Å². The van der Waals surface area contributed by atoms with Crippen molar-refractivity contribution >= 4 is 52.8 Å². The Morgan fingerprint density at radius 1 is 0.913 bits per heavy atom. The number of aromatic nitrogens is 2. The standard InChI is InChI=1S/C33H33Cl2N5O6/c1-46-33(45)37-25-12-8-21(9-13-25)30-31(35)40-32(39-30)26(17-20-5-3-2-4-6-20)38-28(42)14-10-22-18-24(34)11-7-23(22)19-36-27(41)15-16-29(43)44/h2-9,11-13,18,26H,10,14-17,19H2,1H3,(H,36,41)(H,37,45)(H,38,42)(H,39,40)(H,43,44)/t26-/m0/s1. The maximum atomic E-state index is 13.3. The van der Waals surface area contributed by atoms with E-state index in [4.69, 9.17) is 33.3 Å². The monoisotopic (exact) mass is 665 g/mol. The molecular weight excluding hydrogens is 633 g/mol. The van der Waals surface area contributed by atoms with Gasteiger partial charge in [-0.05, 0) is 53.8 Å². The molecule has 1 aromatic heterocycles. The first-order chi connectivity index (χ1) is 22.1. The normalized spacial score (nSPS) is 11.4. The van der Waals surface area contributed by atoms with Gasteiger partial charge in [-0.3, -0.25) is 19.7 Å². The molecule has 1 heterocycles. The van der Waals surface area contributed by atoms with E-state index in [2.05, 4.69) is 25.7 Å².